The van der Waals surface area contributed by atoms with Gasteiger partial charge in [0.25, 0.3) is 5.91 Å². The predicted octanol–water partition coefficient (Wildman–Crippen LogP) is 5.10. The van der Waals surface area contributed by atoms with Crippen molar-refractivity contribution in [2.45, 2.75) is 6.92 Å². The van der Waals surface area contributed by atoms with E-state index in [-0.39, 0.29) is 5.91 Å². The quantitative estimate of drug-likeness (QED) is 0.446. The van der Waals surface area contributed by atoms with Crippen molar-refractivity contribution in [1.29, 1.82) is 0 Å². The van der Waals surface area contributed by atoms with E-state index in [4.69, 9.17) is 0 Å². The van der Waals surface area contributed by atoms with Gasteiger partial charge in [-0.3, -0.25) is 9.78 Å². The van der Waals surface area contributed by atoms with Gasteiger partial charge in [0.05, 0.1) is 26.5 Å². The van der Waals surface area contributed by atoms with Gasteiger partial charge in [-0.15, -0.1) is 11.3 Å². The van der Waals surface area contributed by atoms with Gasteiger partial charge in [0, 0.05) is 29.8 Å². The number of carbonyl (C=O) groups is 1. The highest BCUT2D eigenvalue weighted by atomic mass is 32.1. The van der Waals surface area contributed by atoms with Crippen molar-refractivity contribution in [1.82, 2.24) is 19.7 Å². The summed E-state index contributed by atoms with van der Waals surface area (Å²) in [6.07, 6.45) is 5.16. The summed E-state index contributed by atoms with van der Waals surface area (Å²) in [5.74, 6) is -0.225. The van der Waals surface area contributed by atoms with Crippen LogP contribution < -0.4 is 5.32 Å². The fourth-order valence-electron chi connectivity index (χ4n) is 3.29. The molecule has 0 atom stereocenters. The normalized spacial score (nSPS) is 11.0. The molecule has 0 unspecified atom stereocenters. The number of aromatic nitrogens is 4. The van der Waals surface area contributed by atoms with Crippen LogP contribution in [0.3, 0.4) is 0 Å². The number of aryl methyl sites for hydroxylation is 1. The molecule has 6 nitrogen and oxygen atoms in total. The number of nitrogens with one attached hydrogen (secondary N) is 1. The lowest BCUT2D eigenvalue weighted by atomic mass is 10.1. The number of para-hydroxylation sites is 1. The molecule has 146 valence electrons. The van der Waals surface area contributed by atoms with Crippen LogP contribution in [0.25, 0.3) is 27.2 Å². The maximum Gasteiger partial charge on any atom is 0.259 e. The van der Waals surface area contributed by atoms with Crippen LogP contribution in [0.1, 0.15) is 15.4 Å². The number of amides is 1. The Hall–Kier alpha value is -3.84. The van der Waals surface area contributed by atoms with Gasteiger partial charge >= 0.3 is 0 Å². The molecule has 2 aromatic carbocycles. The lowest BCUT2D eigenvalue weighted by Gasteiger charge is -2.05. The van der Waals surface area contributed by atoms with E-state index in [1.54, 1.807) is 34.6 Å². The van der Waals surface area contributed by atoms with Gasteiger partial charge in [0.1, 0.15) is 5.69 Å². The zero-order valence-corrected chi connectivity index (χ0v) is 16.9. The molecule has 0 radical (unpaired) electrons. The predicted molar refractivity (Wildman–Crippen MR) is 119 cm³/mol. The first-order valence-electron chi connectivity index (χ1n) is 9.41. The third-order valence-electron chi connectivity index (χ3n) is 4.67. The van der Waals surface area contributed by atoms with Crippen LogP contribution in [-0.2, 0) is 0 Å². The van der Waals surface area contributed by atoms with E-state index in [9.17, 15) is 4.79 Å². The van der Waals surface area contributed by atoms with Crippen LogP contribution in [0.4, 0.5) is 5.69 Å². The maximum atomic E-state index is 13.2. The maximum absolute atomic E-state index is 13.2. The van der Waals surface area contributed by atoms with Crippen molar-refractivity contribution in [2.75, 3.05) is 5.32 Å². The number of fused-ring (bicyclic) bond motifs is 1. The summed E-state index contributed by atoms with van der Waals surface area (Å²) in [5, 5.41) is 8.67. The van der Waals surface area contributed by atoms with Crippen molar-refractivity contribution in [2.24, 2.45) is 0 Å². The average Bonchev–Trinajstić information content (AvgIpc) is 3.38. The second-order valence-corrected chi connectivity index (χ2v) is 8.02. The number of nitrogens with zero attached hydrogens (tertiary/aromatic N) is 4. The molecular weight excluding hydrogens is 394 g/mol. The molecule has 0 fully saturated rings. The molecule has 1 N–H and O–H groups in total. The van der Waals surface area contributed by atoms with Gasteiger partial charge in [-0.1, -0.05) is 18.2 Å². The summed E-state index contributed by atoms with van der Waals surface area (Å²) >= 11 is 1.60. The Morgan fingerprint density at radius 2 is 1.93 bits per heavy atom. The van der Waals surface area contributed by atoms with Crippen molar-refractivity contribution in [3.63, 3.8) is 0 Å². The number of pyridine rings is 1. The molecule has 0 saturated carbocycles. The van der Waals surface area contributed by atoms with Crippen LogP contribution in [0.2, 0.25) is 0 Å². The molecule has 30 heavy (non-hydrogen) atoms. The number of benzene rings is 2. The minimum atomic E-state index is -0.225. The van der Waals surface area contributed by atoms with Crippen LogP contribution >= 0.6 is 11.3 Å². The molecule has 0 aliphatic rings. The Labute approximate surface area is 176 Å². The molecule has 0 bridgehead atoms. The second kappa shape index (κ2) is 7.53. The fraction of sp³-hybridized carbons (Fsp3) is 0.0435. The Morgan fingerprint density at radius 3 is 2.73 bits per heavy atom. The van der Waals surface area contributed by atoms with Gasteiger partial charge in [-0.2, -0.15) is 5.10 Å². The molecule has 0 saturated heterocycles. The smallest absolute Gasteiger partial charge is 0.259 e. The Kier molecular flexibility index (Phi) is 4.57. The van der Waals surface area contributed by atoms with Crippen LogP contribution in [-0.4, -0.2) is 25.7 Å². The summed E-state index contributed by atoms with van der Waals surface area (Å²) in [5.41, 5.74) is 4.38. The number of anilines is 1. The van der Waals surface area contributed by atoms with Gasteiger partial charge < -0.3 is 5.32 Å². The molecule has 0 aliphatic carbocycles. The highest BCUT2D eigenvalue weighted by molar-refractivity contribution is 7.18. The average molecular weight is 411 g/mol. The van der Waals surface area contributed by atoms with E-state index >= 15 is 0 Å². The molecule has 0 aliphatic heterocycles. The molecule has 0 spiro atoms. The summed E-state index contributed by atoms with van der Waals surface area (Å²) in [7, 11) is 0. The number of rotatable bonds is 4. The van der Waals surface area contributed by atoms with E-state index < -0.39 is 0 Å². The molecule has 1 amide bonds. The lowest BCUT2D eigenvalue weighted by molar-refractivity contribution is 0.102. The third kappa shape index (κ3) is 3.46. The third-order valence-corrected chi connectivity index (χ3v) is 5.60. The zero-order chi connectivity index (χ0) is 20.5. The monoisotopic (exact) mass is 411 g/mol. The highest BCUT2D eigenvalue weighted by Gasteiger charge is 2.19. The van der Waals surface area contributed by atoms with Crippen molar-refractivity contribution in [3.8, 4) is 16.9 Å². The summed E-state index contributed by atoms with van der Waals surface area (Å²) in [6, 6.07) is 19.2. The Morgan fingerprint density at radius 1 is 1.07 bits per heavy atom. The topological polar surface area (TPSA) is 72.7 Å². The minimum absolute atomic E-state index is 0.225. The fourth-order valence-corrected chi connectivity index (χ4v) is 4.15. The first-order valence-corrected chi connectivity index (χ1v) is 10.2. The Bertz CT molecular complexity index is 1340. The molecular formula is C23H17N5OS. The first-order chi connectivity index (χ1) is 14.7. The zero-order valence-electron chi connectivity index (χ0n) is 16.1. The lowest BCUT2D eigenvalue weighted by Crippen LogP contribution is -2.12. The minimum Gasteiger partial charge on any atom is -0.322 e. The summed E-state index contributed by atoms with van der Waals surface area (Å²) in [4.78, 5) is 21.8. The molecule has 3 aromatic heterocycles. The standard InChI is InChI=1S/C23H17N5OS/c1-15-25-20-10-9-17(12-21(20)30-15)26-23(29)19-14-28(18-7-3-2-4-8-18)27-22(19)16-6-5-11-24-13-16/h2-14H,1H3,(H,26,29). The van der Waals surface area contributed by atoms with Gasteiger partial charge in [0.15, 0.2) is 0 Å². The van der Waals surface area contributed by atoms with E-state index in [0.29, 0.717) is 11.3 Å². The van der Waals surface area contributed by atoms with Gasteiger partial charge in [-0.25, -0.2) is 9.67 Å². The number of carbonyl (C=O) groups excluding carboxylic acids is 1. The number of thiazole rings is 1. The molecule has 3 heterocycles. The number of hydrogen-bond acceptors (Lipinski definition) is 5. The molecule has 7 heteroatoms. The van der Waals surface area contributed by atoms with Crippen molar-refractivity contribution >= 4 is 33.1 Å². The largest absolute Gasteiger partial charge is 0.322 e. The molecule has 5 rings (SSSR count). The van der Waals surface area contributed by atoms with Crippen molar-refractivity contribution < 1.29 is 4.79 Å². The van der Waals surface area contributed by atoms with Gasteiger partial charge in [0.2, 0.25) is 0 Å². The summed E-state index contributed by atoms with van der Waals surface area (Å²) in [6.45, 7) is 1.97. The highest BCUT2D eigenvalue weighted by Crippen LogP contribution is 2.27. The van der Waals surface area contributed by atoms with Crippen LogP contribution in [0.15, 0.2) is 79.3 Å². The van der Waals surface area contributed by atoms with Crippen molar-refractivity contribution in [3.05, 3.63) is 89.8 Å². The van der Waals surface area contributed by atoms with E-state index in [0.717, 1.165) is 32.2 Å². The van der Waals surface area contributed by atoms with Crippen LogP contribution in [0.5, 0.6) is 0 Å². The van der Waals surface area contributed by atoms with Crippen LogP contribution in [0, 0.1) is 6.92 Å². The van der Waals surface area contributed by atoms with E-state index in [2.05, 4.69) is 20.4 Å². The SMILES string of the molecule is Cc1nc2ccc(NC(=O)c3cn(-c4ccccc4)nc3-c3cccnc3)cc2s1. The van der Waals surface area contributed by atoms with E-state index in [1.165, 1.54) is 0 Å². The van der Waals surface area contributed by atoms with E-state index in [1.807, 2.05) is 67.6 Å². The van der Waals surface area contributed by atoms with Gasteiger partial charge in [-0.05, 0) is 49.4 Å². The summed E-state index contributed by atoms with van der Waals surface area (Å²) < 4.78 is 2.75. The Balaban J connectivity index is 1.54. The first kappa shape index (κ1) is 18.2. The molecule has 5 aromatic rings. The number of hydrogen-bond donors (Lipinski definition) is 1. The second-order valence-electron chi connectivity index (χ2n) is 6.78.